The molecule has 3 aromatic heterocycles. The van der Waals surface area contributed by atoms with Gasteiger partial charge in [0.15, 0.2) is 0 Å². The Labute approximate surface area is 246 Å². The van der Waals surface area contributed by atoms with Crippen molar-refractivity contribution in [2.45, 2.75) is 71.0 Å². The number of piperidine rings is 1. The molecule has 10 heteroatoms. The Morgan fingerprint density at radius 3 is 2.69 bits per heavy atom. The molecular formula is C32H40N8O2. The number of nitrogens with zero attached hydrogens (tertiary/aromatic N) is 6. The van der Waals surface area contributed by atoms with Gasteiger partial charge < -0.3 is 19.5 Å². The van der Waals surface area contributed by atoms with Gasteiger partial charge in [-0.3, -0.25) is 15.1 Å². The van der Waals surface area contributed by atoms with Crippen molar-refractivity contribution in [1.82, 2.24) is 29.2 Å². The van der Waals surface area contributed by atoms with E-state index in [-0.39, 0.29) is 5.91 Å². The number of likely N-dealkylation sites (tertiary alicyclic amines) is 1. The van der Waals surface area contributed by atoms with Crippen LogP contribution in [-0.2, 0) is 6.54 Å². The first-order chi connectivity index (χ1) is 20.4. The van der Waals surface area contributed by atoms with Crippen molar-refractivity contribution in [3.05, 3.63) is 47.8 Å². The normalized spacial score (nSPS) is 20.6. The molecule has 3 aliphatic rings. The maximum Gasteiger partial charge on any atom is 0.258 e. The Kier molecular flexibility index (Phi) is 7.09. The Balaban J connectivity index is 1.24. The highest BCUT2D eigenvalue weighted by molar-refractivity contribution is 6.05. The quantitative estimate of drug-likeness (QED) is 0.336. The largest absolute Gasteiger partial charge is 0.477 e. The average molecular weight is 569 g/mol. The topological polar surface area (TPSA) is 102 Å². The van der Waals surface area contributed by atoms with Gasteiger partial charge in [0.2, 0.25) is 11.8 Å². The third kappa shape index (κ3) is 5.47. The van der Waals surface area contributed by atoms with Crippen molar-refractivity contribution >= 4 is 28.6 Å². The summed E-state index contributed by atoms with van der Waals surface area (Å²) >= 11 is 0. The summed E-state index contributed by atoms with van der Waals surface area (Å²) in [6, 6.07) is 10.9. The summed E-state index contributed by atoms with van der Waals surface area (Å²) in [6.45, 7) is 7.73. The number of ether oxygens (including phenoxy) is 1. The smallest absolute Gasteiger partial charge is 0.258 e. The molecule has 1 aliphatic carbocycles. The maximum absolute atomic E-state index is 13.7. The third-order valence-corrected chi connectivity index (χ3v) is 8.77. The van der Waals surface area contributed by atoms with Gasteiger partial charge in [0, 0.05) is 29.5 Å². The van der Waals surface area contributed by atoms with Crippen LogP contribution >= 0.6 is 0 Å². The molecule has 1 saturated carbocycles. The molecular weight excluding hydrogens is 528 g/mol. The molecule has 2 fully saturated rings. The van der Waals surface area contributed by atoms with Crippen LogP contribution in [0.5, 0.6) is 5.88 Å². The second-order valence-corrected chi connectivity index (χ2v) is 12.4. The van der Waals surface area contributed by atoms with E-state index in [9.17, 15) is 4.79 Å². The fraction of sp³-hybridized carbons (Fsp3) is 0.500. The standard InChI is InChI=1S/C32H40N8O2/c1-20-5-4-14-42-31-26(18-33-40(31)25-7-8-25)28-16-22(15-21(2)34-28)30(41)37-32-36-27-9-6-24(17-29(27)39(32)19-20)35-23-10-12-38(3)13-11-23/h6,9,15-18,20,23,25,35H,4-5,7-8,10-14,19H2,1-3H3,(H,36,37,41). The summed E-state index contributed by atoms with van der Waals surface area (Å²) in [5, 5.41) is 11.5. The molecule has 10 nitrogen and oxygen atoms in total. The first-order valence-corrected chi connectivity index (χ1v) is 15.4. The Bertz CT molecular complexity index is 1610. The number of hydrogen-bond donors (Lipinski definition) is 2. The van der Waals surface area contributed by atoms with E-state index in [1.807, 2.05) is 29.9 Å². The number of pyridine rings is 1. The number of carbonyl (C=O) groups is 1. The van der Waals surface area contributed by atoms with Gasteiger partial charge in [0.05, 0.1) is 41.1 Å². The van der Waals surface area contributed by atoms with E-state index >= 15 is 0 Å². The van der Waals surface area contributed by atoms with E-state index in [1.54, 1.807) is 0 Å². The van der Waals surface area contributed by atoms with Gasteiger partial charge in [-0.1, -0.05) is 6.92 Å². The lowest BCUT2D eigenvalue weighted by Crippen LogP contribution is -2.36. The summed E-state index contributed by atoms with van der Waals surface area (Å²) in [4.78, 5) is 25.8. The predicted octanol–water partition coefficient (Wildman–Crippen LogP) is 5.51. The van der Waals surface area contributed by atoms with E-state index in [2.05, 4.69) is 57.4 Å². The van der Waals surface area contributed by atoms with Crippen molar-refractivity contribution in [2.24, 2.45) is 5.92 Å². The number of carbonyl (C=O) groups excluding carboxylic acids is 1. The van der Waals surface area contributed by atoms with Gasteiger partial charge in [0.1, 0.15) is 0 Å². The molecule has 0 spiro atoms. The highest BCUT2D eigenvalue weighted by Crippen LogP contribution is 2.41. The van der Waals surface area contributed by atoms with E-state index in [0.717, 1.165) is 92.0 Å². The fourth-order valence-electron chi connectivity index (χ4n) is 6.25. The predicted molar refractivity (Wildman–Crippen MR) is 164 cm³/mol. The van der Waals surface area contributed by atoms with Crippen LogP contribution in [0, 0.1) is 12.8 Å². The number of anilines is 2. The van der Waals surface area contributed by atoms with E-state index in [4.69, 9.17) is 14.7 Å². The highest BCUT2D eigenvalue weighted by atomic mass is 16.5. The number of hydrogen-bond acceptors (Lipinski definition) is 7. The van der Waals surface area contributed by atoms with E-state index in [0.29, 0.717) is 41.8 Å². The van der Waals surface area contributed by atoms with Crippen LogP contribution < -0.4 is 15.4 Å². The lowest BCUT2D eigenvalue weighted by molar-refractivity contribution is 0.102. The number of rotatable bonds is 3. The number of fused-ring (bicyclic) bond motifs is 7. The lowest BCUT2D eigenvalue weighted by atomic mass is 10.0. The van der Waals surface area contributed by atoms with Gasteiger partial charge in [-0.2, -0.15) is 5.10 Å². The van der Waals surface area contributed by atoms with E-state index in [1.165, 1.54) is 0 Å². The minimum absolute atomic E-state index is 0.206. The first kappa shape index (κ1) is 26.9. The van der Waals surface area contributed by atoms with Crippen LogP contribution in [0.1, 0.15) is 67.5 Å². The third-order valence-electron chi connectivity index (χ3n) is 8.77. The Hall–Kier alpha value is -3.92. The molecule has 2 bridgehead atoms. The van der Waals surface area contributed by atoms with Gasteiger partial charge in [-0.05, 0) is 102 Å². The zero-order chi connectivity index (χ0) is 28.8. The summed E-state index contributed by atoms with van der Waals surface area (Å²) in [5.74, 6) is 1.48. The molecule has 1 amide bonds. The number of aromatic nitrogens is 5. The van der Waals surface area contributed by atoms with Gasteiger partial charge >= 0.3 is 0 Å². The van der Waals surface area contributed by atoms with Gasteiger partial charge in [-0.15, -0.1) is 0 Å². The number of nitrogens with one attached hydrogen (secondary N) is 2. The number of benzene rings is 1. The number of imidazole rings is 1. The fourth-order valence-corrected chi connectivity index (χ4v) is 6.25. The summed E-state index contributed by atoms with van der Waals surface area (Å²) in [5.41, 5.74) is 5.83. The molecule has 2 aliphatic heterocycles. The molecule has 1 atom stereocenters. The molecule has 7 rings (SSSR count). The molecule has 1 aromatic carbocycles. The molecule has 42 heavy (non-hydrogen) atoms. The van der Waals surface area contributed by atoms with Crippen molar-refractivity contribution in [3.63, 3.8) is 0 Å². The van der Waals surface area contributed by atoms with Gasteiger partial charge in [0.25, 0.3) is 5.91 Å². The van der Waals surface area contributed by atoms with E-state index < -0.39 is 0 Å². The zero-order valence-electron chi connectivity index (χ0n) is 24.8. The van der Waals surface area contributed by atoms with Crippen LogP contribution in [0.15, 0.2) is 36.5 Å². The SMILES string of the molecule is Cc1cc2cc(n1)-c1cnn(C3CC3)c1OCCCC(C)Cn1c(nc3ccc(NC4CCN(C)CC4)cc31)NC2=O. The second-order valence-electron chi connectivity index (χ2n) is 12.4. The minimum Gasteiger partial charge on any atom is -0.477 e. The monoisotopic (exact) mass is 568 g/mol. The zero-order valence-corrected chi connectivity index (χ0v) is 24.8. The molecule has 0 radical (unpaired) electrons. The molecule has 220 valence electrons. The van der Waals surface area contributed by atoms with Crippen LogP contribution in [-0.4, -0.2) is 67.9 Å². The van der Waals surface area contributed by atoms with Crippen molar-refractivity contribution < 1.29 is 9.53 Å². The molecule has 2 N–H and O–H groups in total. The van der Waals surface area contributed by atoms with Crippen LogP contribution in [0.3, 0.4) is 0 Å². The summed E-state index contributed by atoms with van der Waals surface area (Å²) < 4.78 is 10.6. The average Bonchev–Trinajstić information content (AvgIpc) is 3.65. The highest BCUT2D eigenvalue weighted by Gasteiger charge is 2.30. The second kappa shape index (κ2) is 11.1. The molecule has 4 aromatic rings. The molecule has 5 heterocycles. The van der Waals surface area contributed by atoms with Crippen molar-refractivity contribution in [3.8, 4) is 17.1 Å². The molecule has 1 unspecified atom stereocenters. The molecule has 1 saturated heterocycles. The van der Waals surface area contributed by atoms with Gasteiger partial charge in [-0.25, -0.2) is 9.67 Å². The summed E-state index contributed by atoms with van der Waals surface area (Å²) in [6.07, 6.45) is 8.21. The lowest BCUT2D eigenvalue weighted by Gasteiger charge is -2.30. The van der Waals surface area contributed by atoms with Crippen molar-refractivity contribution in [2.75, 3.05) is 37.4 Å². The Morgan fingerprint density at radius 2 is 1.88 bits per heavy atom. The first-order valence-electron chi connectivity index (χ1n) is 15.4. The number of aryl methyl sites for hydroxylation is 1. The van der Waals surface area contributed by atoms with Crippen LogP contribution in [0.4, 0.5) is 11.6 Å². The van der Waals surface area contributed by atoms with Crippen LogP contribution in [0.25, 0.3) is 22.3 Å². The minimum atomic E-state index is -0.206. The van der Waals surface area contributed by atoms with Crippen LogP contribution in [0.2, 0.25) is 0 Å². The Morgan fingerprint density at radius 1 is 1.05 bits per heavy atom. The summed E-state index contributed by atoms with van der Waals surface area (Å²) in [7, 11) is 2.18. The van der Waals surface area contributed by atoms with Crippen molar-refractivity contribution in [1.29, 1.82) is 0 Å². The number of amides is 1. The maximum atomic E-state index is 13.7.